The fourth-order valence-corrected chi connectivity index (χ4v) is 2.88. The molecule has 1 saturated heterocycles. The molecule has 1 fully saturated rings. The topological polar surface area (TPSA) is 41.6 Å². The first-order valence-electron chi connectivity index (χ1n) is 7.39. The Labute approximate surface area is 139 Å². The number of likely N-dealkylation sites (tertiary alicyclic amines) is 1. The van der Waals surface area contributed by atoms with Crippen molar-refractivity contribution in [2.75, 3.05) is 13.1 Å². The lowest BCUT2D eigenvalue weighted by molar-refractivity contribution is 0.0505. The number of hydrogen-bond donors (Lipinski definition) is 1. The van der Waals surface area contributed by atoms with Crippen LogP contribution < -0.4 is 5.32 Å². The molecule has 0 bridgehead atoms. The van der Waals surface area contributed by atoms with Crippen molar-refractivity contribution in [3.8, 4) is 0 Å². The summed E-state index contributed by atoms with van der Waals surface area (Å²) in [7, 11) is 0. The van der Waals surface area contributed by atoms with Gasteiger partial charge in [0.05, 0.1) is 0 Å². The van der Waals surface area contributed by atoms with Crippen molar-refractivity contribution in [1.82, 2.24) is 10.2 Å². The first-order valence-corrected chi connectivity index (χ1v) is 8.18. The van der Waals surface area contributed by atoms with Gasteiger partial charge in [0.2, 0.25) is 0 Å². The van der Waals surface area contributed by atoms with E-state index in [4.69, 9.17) is 4.74 Å². The number of amides is 1. The third-order valence-electron chi connectivity index (χ3n) is 3.39. The van der Waals surface area contributed by atoms with Crippen LogP contribution in [-0.2, 0) is 11.3 Å². The van der Waals surface area contributed by atoms with E-state index >= 15 is 0 Å². The molecule has 1 N–H and O–H groups in total. The van der Waals surface area contributed by atoms with Crippen LogP contribution in [-0.4, -0.2) is 35.7 Å². The SMILES string of the molecule is CC(C)(C)OC(=O)NC1CCN(Cc2cc(Br)ccc2F)C1. The van der Waals surface area contributed by atoms with Gasteiger partial charge in [0.25, 0.3) is 0 Å². The van der Waals surface area contributed by atoms with Crippen LogP contribution >= 0.6 is 15.9 Å². The highest BCUT2D eigenvalue weighted by Gasteiger charge is 2.26. The number of nitrogens with one attached hydrogen (secondary N) is 1. The maximum atomic E-state index is 13.8. The number of benzene rings is 1. The van der Waals surface area contributed by atoms with Crippen LogP contribution in [0.1, 0.15) is 32.8 Å². The Morgan fingerprint density at radius 1 is 1.50 bits per heavy atom. The van der Waals surface area contributed by atoms with Crippen LogP contribution in [0, 0.1) is 5.82 Å². The zero-order chi connectivity index (χ0) is 16.3. The number of alkyl carbamates (subject to hydrolysis) is 1. The van der Waals surface area contributed by atoms with E-state index in [9.17, 15) is 9.18 Å². The number of nitrogens with zero attached hydrogens (tertiary/aromatic N) is 1. The Balaban J connectivity index is 1.85. The first kappa shape index (κ1) is 17.2. The number of carbonyl (C=O) groups is 1. The summed E-state index contributed by atoms with van der Waals surface area (Å²) < 4.78 is 19.9. The highest BCUT2D eigenvalue weighted by atomic mass is 79.9. The highest BCUT2D eigenvalue weighted by molar-refractivity contribution is 9.10. The Hall–Kier alpha value is -1.14. The maximum Gasteiger partial charge on any atom is 0.407 e. The van der Waals surface area contributed by atoms with Gasteiger partial charge in [-0.05, 0) is 45.4 Å². The van der Waals surface area contributed by atoms with E-state index in [1.165, 1.54) is 6.07 Å². The molecule has 1 unspecified atom stereocenters. The Morgan fingerprint density at radius 2 is 2.23 bits per heavy atom. The molecule has 22 heavy (non-hydrogen) atoms. The normalized spacial score (nSPS) is 19.2. The minimum atomic E-state index is -0.498. The van der Waals surface area contributed by atoms with Gasteiger partial charge in [-0.25, -0.2) is 9.18 Å². The molecule has 122 valence electrons. The Kier molecular flexibility index (Phi) is 5.45. The van der Waals surface area contributed by atoms with Crippen molar-refractivity contribution in [3.63, 3.8) is 0 Å². The molecule has 0 radical (unpaired) electrons. The second-order valence-corrected chi connectivity index (χ2v) is 7.52. The summed E-state index contributed by atoms with van der Waals surface area (Å²) in [6, 6.07) is 5.00. The monoisotopic (exact) mass is 372 g/mol. The summed E-state index contributed by atoms with van der Waals surface area (Å²) >= 11 is 3.36. The number of halogens is 2. The molecule has 2 rings (SSSR count). The lowest BCUT2D eigenvalue weighted by atomic mass is 10.2. The van der Waals surface area contributed by atoms with Crippen LogP contribution in [0.3, 0.4) is 0 Å². The maximum absolute atomic E-state index is 13.8. The fourth-order valence-electron chi connectivity index (χ4n) is 2.47. The molecular formula is C16H22BrFN2O2. The third kappa shape index (κ3) is 5.25. The van der Waals surface area contributed by atoms with E-state index in [1.54, 1.807) is 12.1 Å². The molecule has 1 aliphatic rings. The van der Waals surface area contributed by atoms with Gasteiger partial charge < -0.3 is 10.1 Å². The van der Waals surface area contributed by atoms with Gasteiger partial charge in [-0.1, -0.05) is 15.9 Å². The fraction of sp³-hybridized carbons (Fsp3) is 0.562. The van der Waals surface area contributed by atoms with Gasteiger partial charge in [0, 0.05) is 35.7 Å². The van der Waals surface area contributed by atoms with Crippen molar-refractivity contribution >= 4 is 22.0 Å². The van der Waals surface area contributed by atoms with E-state index in [2.05, 4.69) is 26.1 Å². The van der Waals surface area contributed by atoms with E-state index in [1.807, 2.05) is 20.8 Å². The predicted molar refractivity (Wildman–Crippen MR) is 87.2 cm³/mol. The lowest BCUT2D eigenvalue weighted by Crippen LogP contribution is -2.40. The molecular weight excluding hydrogens is 351 g/mol. The summed E-state index contributed by atoms with van der Waals surface area (Å²) in [5, 5.41) is 2.87. The molecule has 0 aromatic heterocycles. The number of hydrogen-bond acceptors (Lipinski definition) is 3. The molecule has 1 aromatic carbocycles. The Morgan fingerprint density at radius 3 is 2.91 bits per heavy atom. The van der Waals surface area contributed by atoms with Crippen molar-refractivity contribution in [1.29, 1.82) is 0 Å². The van der Waals surface area contributed by atoms with Gasteiger partial charge >= 0.3 is 6.09 Å². The molecule has 6 heteroatoms. The zero-order valence-corrected chi connectivity index (χ0v) is 14.7. The smallest absolute Gasteiger partial charge is 0.407 e. The van der Waals surface area contributed by atoms with Crippen LogP contribution in [0.15, 0.2) is 22.7 Å². The third-order valence-corrected chi connectivity index (χ3v) is 3.89. The Bertz CT molecular complexity index is 545. The van der Waals surface area contributed by atoms with Crippen LogP contribution in [0.25, 0.3) is 0 Å². The van der Waals surface area contributed by atoms with Crippen molar-refractivity contribution < 1.29 is 13.9 Å². The summed E-state index contributed by atoms with van der Waals surface area (Å²) in [6.45, 7) is 7.58. The van der Waals surface area contributed by atoms with Crippen molar-refractivity contribution in [3.05, 3.63) is 34.1 Å². The molecule has 1 aromatic rings. The van der Waals surface area contributed by atoms with E-state index in [0.29, 0.717) is 18.7 Å². The minimum absolute atomic E-state index is 0.0464. The highest BCUT2D eigenvalue weighted by Crippen LogP contribution is 2.20. The predicted octanol–water partition coefficient (Wildman–Crippen LogP) is 3.69. The van der Waals surface area contributed by atoms with Gasteiger partial charge in [0.15, 0.2) is 0 Å². The molecule has 0 saturated carbocycles. The average Bonchev–Trinajstić information content (AvgIpc) is 2.78. The second kappa shape index (κ2) is 6.96. The first-order chi connectivity index (χ1) is 10.2. The van der Waals surface area contributed by atoms with Gasteiger partial charge in [-0.15, -0.1) is 0 Å². The minimum Gasteiger partial charge on any atom is -0.444 e. The molecule has 1 heterocycles. The van der Waals surface area contributed by atoms with E-state index < -0.39 is 11.7 Å². The second-order valence-electron chi connectivity index (χ2n) is 6.60. The number of carbonyl (C=O) groups excluding carboxylic acids is 1. The average molecular weight is 373 g/mol. The van der Waals surface area contributed by atoms with Crippen LogP contribution in [0.4, 0.5) is 9.18 Å². The summed E-state index contributed by atoms with van der Waals surface area (Å²) in [5.74, 6) is -0.202. The molecule has 1 amide bonds. The molecule has 0 spiro atoms. The lowest BCUT2D eigenvalue weighted by Gasteiger charge is -2.22. The van der Waals surface area contributed by atoms with Crippen LogP contribution in [0.5, 0.6) is 0 Å². The molecule has 0 aliphatic carbocycles. The summed E-state index contributed by atoms with van der Waals surface area (Å²) in [6.07, 6.45) is 0.447. The van der Waals surface area contributed by atoms with E-state index in [-0.39, 0.29) is 11.9 Å². The van der Waals surface area contributed by atoms with Crippen molar-refractivity contribution in [2.24, 2.45) is 0 Å². The number of ether oxygens (including phenoxy) is 1. The molecule has 1 atom stereocenters. The largest absolute Gasteiger partial charge is 0.444 e. The van der Waals surface area contributed by atoms with E-state index in [0.717, 1.165) is 17.4 Å². The quantitative estimate of drug-likeness (QED) is 0.879. The van der Waals surface area contributed by atoms with Gasteiger partial charge in [-0.2, -0.15) is 0 Å². The van der Waals surface area contributed by atoms with Crippen molar-refractivity contribution in [2.45, 2.75) is 45.4 Å². The standard InChI is InChI=1S/C16H22BrFN2O2/c1-16(2,3)22-15(21)19-13-6-7-20(10-13)9-11-8-12(17)4-5-14(11)18/h4-5,8,13H,6-7,9-10H2,1-3H3,(H,19,21). The molecule has 1 aliphatic heterocycles. The summed E-state index contributed by atoms with van der Waals surface area (Å²) in [4.78, 5) is 13.9. The van der Waals surface area contributed by atoms with Crippen LogP contribution in [0.2, 0.25) is 0 Å². The summed E-state index contributed by atoms with van der Waals surface area (Å²) in [5.41, 5.74) is 0.161. The van der Waals surface area contributed by atoms with Gasteiger partial charge in [0.1, 0.15) is 11.4 Å². The molecule has 4 nitrogen and oxygen atoms in total. The number of rotatable bonds is 3. The zero-order valence-electron chi connectivity index (χ0n) is 13.2. The van der Waals surface area contributed by atoms with Gasteiger partial charge in [-0.3, -0.25) is 4.90 Å².